The molecular formula is C18H42N2O5Si. The minimum atomic E-state index is -2.40. The summed E-state index contributed by atoms with van der Waals surface area (Å²) in [7, 11) is -2.40. The Bertz CT molecular complexity index is 310. The van der Waals surface area contributed by atoms with Gasteiger partial charge in [-0.15, -0.1) is 0 Å². The Labute approximate surface area is 161 Å². The first kappa shape index (κ1) is 29.9. The Morgan fingerprint density at radius 3 is 1.58 bits per heavy atom. The number of amides is 1. The lowest BCUT2D eigenvalue weighted by Gasteiger charge is -2.28. The molecule has 0 radical (unpaired) electrons. The first-order valence-electron chi connectivity index (χ1n) is 9.58. The van der Waals surface area contributed by atoms with Crippen LogP contribution in [0.15, 0.2) is 0 Å². The molecule has 0 aliphatic heterocycles. The van der Waals surface area contributed by atoms with E-state index in [1.807, 2.05) is 20.8 Å². The number of nitrogens with two attached hydrogens (primary N) is 1. The molecule has 26 heavy (non-hydrogen) atoms. The number of rotatable bonds is 12. The van der Waals surface area contributed by atoms with Gasteiger partial charge in [0.05, 0.1) is 0 Å². The molecule has 0 aromatic rings. The predicted molar refractivity (Wildman–Crippen MR) is 109 cm³/mol. The Balaban J connectivity index is -0.000000370. The fourth-order valence-corrected chi connectivity index (χ4v) is 4.40. The van der Waals surface area contributed by atoms with E-state index in [9.17, 15) is 9.59 Å². The summed E-state index contributed by atoms with van der Waals surface area (Å²) in [5, 5.41) is 2.71. The summed E-state index contributed by atoms with van der Waals surface area (Å²) in [6, 6.07) is 0.818. The monoisotopic (exact) mass is 394 g/mol. The van der Waals surface area contributed by atoms with E-state index in [1.54, 1.807) is 0 Å². The topological polar surface area (TPSA) is 99.9 Å². The van der Waals surface area contributed by atoms with E-state index in [0.29, 0.717) is 26.4 Å². The van der Waals surface area contributed by atoms with Crippen LogP contribution in [-0.4, -0.2) is 53.4 Å². The van der Waals surface area contributed by atoms with Crippen molar-refractivity contribution in [2.45, 2.75) is 73.8 Å². The zero-order chi connectivity index (χ0) is 20.8. The van der Waals surface area contributed by atoms with Gasteiger partial charge in [-0.3, -0.25) is 4.79 Å². The van der Waals surface area contributed by atoms with E-state index >= 15 is 0 Å². The molecule has 0 unspecified atom stereocenters. The van der Waals surface area contributed by atoms with Gasteiger partial charge in [-0.05, 0) is 54.0 Å². The number of ketones is 1. The van der Waals surface area contributed by atoms with Gasteiger partial charge in [0.2, 0.25) is 5.91 Å². The van der Waals surface area contributed by atoms with E-state index in [4.69, 9.17) is 19.0 Å². The van der Waals surface area contributed by atoms with Gasteiger partial charge >= 0.3 is 8.80 Å². The van der Waals surface area contributed by atoms with Crippen LogP contribution in [0.4, 0.5) is 0 Å². The SMILES string of the molecule is CC(C)=O.CCCCNC(C)=O.CCO[Si](CCCN)(OCC)OCC. The van der Waals surface area contributed by atoms with Gasteiger partial charge in [0.1, 0.15) is 5.78 Å². The molecule has 0 aliphatic rings. The van der Waals surface area contributed by atoms with Gasteiger partial charge in [-0.2, -0.15) is 0 Å². The molecule has 0 rings (SSSR count). The first-order valence-corrected chi connectivity index (χ1v) is 11.5. The van der Waals surface area contributed by atoms with Crippen molar-refractivity contribution < 1.29 is 22.9 Å². The molecule has 0 aliphatic carbocycles. The third-order valence-electron chi connectivity index (χ3n) is 2.68. The van der Waals surface area contributed by atoms with Gasteiger partial charge < -0.3 is 29.1 Å². The quantitative estimate of drug-likeness (QED) is 0.390. The maximum atomic E-state index is 10.2. The lowest BCUT2D eigenvalue weighted by atomic mass is 10.3. The van der Waals surface area contributed by atoms with Gasteiger partial charge in [-0.1, -0.05) is 13.3 Å². The van der Waals surface area contributed by atoms with E-state index in [2.05, 4.69) is 12.2 Å². The maximum absolute atomic E-state index is 10.2. The van der Waals surface area contributed by atoms with Gasteiger partial charge in [0, 0.05) is 39.3 Å². The lowest BCUT2D eigenvalue weighted by molar-refractivity contribution is -0.119. The summed E-state index contributed by atoms with van der Waals surface area (Å²) in [6.45, 7) is 16.0. The number of nitrogens with one attached hydrogen (secondary N) is 1. The van der Waals surface area contributed by atoms with Crippen molar-refractivity contribution in [2.24, 2.45) is 5.73 Å². The highest BCUT2D eigenvalue weighted by Crippen LogP contribution is 2.17. The van der Waals surface area contributed by atoms with Crippen molar-refractivity contribution >= 4 is 20.5 Å². The van der Waals surface area contributed by atoms with Crippen molar-refractivity contribution in [3.8, 4) is 0 Å². The van der Waals surface area contributed by atoms with Crippen LogP contribution in [0, 0.1) is 0 Å². The first-order chi connectivity index (χ1) is 12.2. The lowest BCUT2D eigenvalue weighted by Crippen LogP contribution is -2.46. The average molecular weight is 395 g/mol. The van der Waals surface area contributed by atoms with Crippen LogP contribution in [0.25, 0.3) is 0 Å². The van der Waals surface area contributed by atoms with E-state index in [0.717, 1.165) is 31.9 Å². The van der Waals surface area contributed by atoms with Crippen LogP contribution in [0.2, 0.25) is 6.04 Å². The second kappa shape index (κ2) is 22.2. The molecule has 158 valence electrons. The molecule has 0 bridgehead atoms. The fourth-order valence-electron chi connectivity index (χ4n) is 1.76. The standard InChI is InChI=1S/C9H23NO3Si.C6H13NO.C3H6O/c1-4-11-14(12-5-2,13-6-3)9-7-8-10;1-3-4-5-7-6(2)8;1-3(2)4/h4-10H2,1-3H3;3-5H2,1-2H3,(H,7,8);1-2H3. The van der Waals surface area contributed by atoms with E-state index < -0.39 is 8.80 Å². The van der Waals surface area contributed by atoms with E-state index in [1.165, 1.54) is 20.8 Å². The van der Waals surface area contributed by atoms with Crippen LogP contribution in [0.3, 0.4) is 0 Å². The molecule has 0 aromatic carbocycles. The molecule has 0 atom stereocenters. The summed E-state index contributed by atoms with van der Waals surface area (Å²) in [6.07, 6.45) is 3.12. The van der Waals surface area contributed by atoms with Crippen LogP contribution >= 0.6 is 0 Å². The molecule has 7 nitrogen and oxygen atoms in total. The number of hydrogen-bond donors (Lipinski definition) is 2. The second-order valence-electron chi connectivity index (χ2n) is 5.62. The fraction of sp³-hybridized carbons (Fsp3) is 0.889. The van der Waals surface area contributed by atoms with Gasteiger partial charge in [0.15, 0.2) is 0 Å². The van der Waals surface area contributed by atoms with Crippen molar-refractivity contribution in [1.82, 2.24) is 5.32 Å². The molecule has 8 heteroatoms. The highest BCUT2D eigenvalue weighted by atomic mass is 28.4. The van der Waals surface area contributed by atoms with Crippen molar-refractivity contribution in [1.29, 1.82) is 0 Å². The van der Waals surface area contributed by atoms with Crippen molar-refractivity contribution in [2.75, 3.05) is 32.9 Å². The highest BCUT2D eigenvalue weighted by Gasteiger charge is 2.39. The third kappa shape index (κ3) is 25.4. The van der Waals surface area contributed by atoms with Crippen LogP contribution < -0.4 is 11.1 Å². The zero-order valence-electron chi connectivity index (χ0n) is 18.0. The molecule has 0 spiro atoms. The number of hydrogen-bond acceptors (Lipinski definition) is 6. The molecule has 0 saturated heterocycles. The molecule has 1 amide bonds. The van der Waals surface area contributed by atoms with Crippen molar-refractivity contribution in [3.05, 3.63) is 0 Å². The molecule has 0 heterocycles. The largest absolute Gasteiger partial charge is 0.500 e. The van der Waals surface area contributed by atoms with E-state index in [-0.39, 0.29) is 11.7 Å². The zero-order valence-corrected chi connectivity index (χ0v) is 19.0. The molecule has 0 aromatic heterocycles. The second-order valence-corrected chi connectivity index (χ2v) is 8.35. The maximum Gasteiger partial charge on any atom is 0.500 e. The summed E-state index contributed by atoms with van der Waals surface area (Å²) >= 11 is 0. The molecule has 0 saturated carbocycles. The average Bonchev–Trinajstić information content (AvgIpc) is 2.54. The Morgan fingerprint density at radius 1 is 0.885 bits per heavy atom. The number of carbonyl (C=O) groups is 2. The van der Waals surface area contributed by atoms with Crippen molar-refractivity contribution in [3.63, 3.8) is 0 Å². The summed E-state index contributed by atoms with van der Waals surface area (Å²) in [4.78, 5) is 19.7. The summed E-state index contributed by atoms with van der Waals surface area (Å²) < 4.78 is 17.0. The molecule has 0 fully saturated rings. The van der Waals surface area contributed by atoms with Crippen LogP contribution in [0.1, 0.15) is 67.7 Å². The van der Waals surface area contributed by atoms with Gasteiger partial charge in [-0.25, -0.2) is 0 Å². The normalized spacial score (nSPS) is 10.2. The highest BCUT2D eigenvalue weighted by molar-refractivity contribution is 6.60. The van der Waals surface area contributed by atoms with Crippen LogP contribution in [0.5, 0.6) is 0 Å². The predicted octanol–water partition coefficient (Wildman–Crippen LogP) is 2.90. The Morgan fingerprint density at radius 2 is 1.31 bits per heavy atom. The number of unbranched alkanes of at least 4 members (excludes halogenated alkanes) is 1. The molecular weight excluding hydrogens is 352 g/mol. The minimum absolute atomic E-state index is 0.0680. The molecule has 3 N–H and O–H groups in total. The third-order valence-corrected chi connectivity index (χ3v) is 5.84. The Hall–Kier alpha value is -0.803. The van der Waals surface area contributed by atoms with Gasteiger partial charge in [0.25, 0.3) is 0 Å². The van der Waals surface area contributed by atoms with Crippen LogP contribution in [-0.2, 0) is 22.9 Å². The smallest absolute Gasteiger partial charge is 0.374 e. The minimum Gasteiger partial charge on any atom is -0.374 e. The Kier molecular flexibility index (Phi) is 25.6. The number of Topliss-reactive ketones (excluding diaryl/α,β-unsaturated/α-hetero) is 1. The number of carbonyl (C=O) groups excluding carboxylic acids is 2. The summed E-state index contributed by atoms with van der Waals surface area (Å²) in [5.74, 6) is 0.235. The summed E-state index contributed by atoms with van der Waals surface area (Å²) in [5.41, 5.74) is 5.48.